The fourth-order valence-corrected chi connectivity index (χ4v) is 2.14. The molecular formula is C19H14O3. The van der Waals surface area contributed by atoms with E-state index in [0.29, 0.717) is 11.3 Å². The van der Waals surface area contributed by atoms with E-state index >= 15 is 0 Å². The van der Waals surface area contributed by atoms with Crippen LogP contribution in [0.1, 0.15) is 10.4 Å². The second kappa shape index (κ2) is 6.14. The molecule has 3 rings (SSSR count). The summed E-state index contributed by atoms with van der Waals surface area (Å²) in [6.07, 6.45) is 0. The fourth-order valence-electron chi connectivity index (χ4n) is 2.14. The Morgan fingerprint density at radius 3 is 2.18 bits per heavy atom. The third kappa shape index (κ3) is 3.15. The van der Waals surface area contributed by atoms with Gasteiger partial charge in [0.1, 0.15) is 11.5 Å². The normalized spacial score (nSPS) is 10.2. The molecule has 108 valence electrons. The molecule has 3 nitrogen and oxygen atoms in total. The van der Waals surface area contributed by atoms with Gasteiger partial charge < -0.3 is 9.84 Å². The standard InChI is InChI=1S/C19H14O3/c20-17-6-4-5-16(13-17)14-9-11-15(12-10-14)19(21)22-18-7-2-1-3-8-18/h1-13,20H. The minimum Gasteiger partial charge on any atom is -0.508 e. The number of benzene rings is 3. The lowest BCUT2D eigenvalue weighted by Gasteiger charge is -2.06. The van der Waals surface area contributed by atoms with E-state index in [1.165, 1.54) is 0 Å². The van der Waals surface area contributed by atoms with Crippen LogP contribution in [0.5, 0.6) is 11.5 Å². The van der Waals surface area contributed by atoms with Crippen molar-refractivity contribution < 1.29 is 14.6 Å². The first-order valence-corrected chi connectivity index (χ1v) is 6.89. The Labute approximate surface area is 128 Å². The van der Waals surface area contributed by atoms with E-state index in [1.807, 2.05) is 36.4 Å². The predicted molar refractivity (Wildman–Crippen MR) is 84.9 cm³/mol. The van der Waals surface area contributed by atoms with Crippen LogP contribution in [0.4, 0.5) is 0 Å². The highest BCUT2D eigenvalue weighted by Crippen LogP contribution is 2.23. The molecule has 3 heteroatoms. The first kappa shape index (κ1) is 13.9. The number of para-hydroxylation sites is 1. The topological polar surface area (TPSA) is 46.5 Å². The maximum Gasteiger partial charge on any atom is 0.343 e. The molecule has 0 aromatic heterocycles. The Balaban J connectivity index is 1.78. The summed E-state index contributed by atoms with van der Waals surface area (Å²) in [6, 6.07) is 23.0. The van der Waals surface area contributed by atoms with E-state index < -0.39 is 5.97 Å². The molecule has 0 unspecified atom stereocenters. The molecule has 0 bridgehead atoms. The zero-order valence-electron chi connectivity index (χ0n) is 11.8. The molecule has 0 aliphatic carbocycles. The van der Waals surface area contributed by atoms with Crippen LogP contribution in [0.2, 0.25) is 0 Å². The van der Waals surface area contributed by atoms with Gasteiger partial charge >= 0.3 is 5.97 Å². The molecular weight excluding hydrogens is 276 g/mol. The second-order valence-corrected chi connectivity index (χ2v) is 4.83. The van der Waals surface area contributed by atoms with E-state index in [-0.39, 0.29) is 5.75 Å². The van der Waals surface area contributed by atoms with Gasteiger partial charge in [-0.1, -0.05) is 42.5 Å². The third-order valence-electron chi connectivity index (χ3n) is 3.25. The van der Waals surface area contributed by atoms with Crippen LogP contribution in [-0.4, -0.2) is 11.1 Å². The van der Waals surface area contributed by atoms with Gasteiger partial charge in [0, 0.05) is 0 Å². The number of hydrogen-bond donors (Lipinski definition) is 1. The first-order valence-electron chi connectivity index (χ1n) is 6.89. The number of rotatable bonds is 3. The number of phenolic OH excluding ortho intramolecular Hbond substituents is 1. The zero-order chi connectivity index (χ0) is 15.4. The molecule has 3 aromatic carbocycles. The number of hydrogen-bond acceptors (Lipinski definition) is 3. The lowest BCUT2D eigenvalue weighted by atomic mass is 10.0. The van der Waals surface area contributed by atoms with Gasteiger partial charge in [-0.15, -0.1) is 0 Å². The molecule has 0 saturated heterocycles. The van der Waals surface area contributed by atoms with Crippen molar-refractivity contribution >= 4 is 5.97 Å². The van der Waals surface area contributed by atoms with E-state index in [2.05, 4.69) is 0 Å². The van der Waals surface area contributed by atoms with Crippen LogP contribution in [0, 0.1) is 0 Å². The summed E-state index contributed by atoms with van der Waals surface area (Å²) in [5.74, 6) is 0.336. The molecule has 0 heterocycles. The third-order valence-corrected chi connectivity index (χ3v) is 3.25. The summed E-state index contributed by atoms with van der Waals surface area (Å²) in [5, 5.41) is 9.51. The molecule has 0 atom stereocenters. The Hall–Kier alpha value is -3.07. The minimum absolute atomic E-state index is 0.213. The average Bonchev–Trinajstić information content (AvgIpc) is 2.56. The van der Waals surface area contributed by atoms with E-state index in [0.717, 1.165) is 11.1 Å². The van der Waals surface area contributed by atoms with Crippen LogP contribution >= 0.6 is 0 Å². The number of aromatic hydroxyl groups is 1. The van der Waals surface area contributed by atoms with E-state index in [9.17, 15) is 9.90 Å². The monoisotopic (exact) mass is 290 g/mol. The van der Waals surface area contributed by atoms with E-state index in [4.69, 9.17) is 4.74 Å². The molecule has 0 spiro atoms. The summed E-state index contributed by atoms with van der Waals surface area (Å²) >= 11 is 0. The van der Waals surface area contributed by atoms with Crippen molar-refractivity contribution in [3.05, 3.63) is 84.4 Å². The van der Waals surface area contributed by atoms with Gasteiger partial charge in [-0.25, -0.2) is 4.79 Å². The molecule has 0 aliphatic heterocycles. The number of ether oxygens (including phenoxy) is 1. The smallest absolute Gasteiger partial charge is 0.343 e. The molecule has 3 aromatic rings. The highest BCUT2D eigenvalue weighted by molar-refractivity contribution is 5.91. The van der Waals surface area contributed by atoms with Crippen molar-refractivity contribution in [1.82, 2.24) is 0 Å². The summed E-state index contributed by atoms with van der Waals surface area (Å²) in [4.78, 5) is 12.1. The van der Waals surface area contributed by atoms with Gasteiger partial charge in [0.05, 0.1) is 5.56 Å². The zero-order valence-corrected chi connectivity index (χ0v) is 11.8. The van der Waals surface area contributed by atoms with E-state index in [1.54, 1.807) is 42.5 Å². The van der Waals surface area contributed by atoms with Gasteiger partial charge in [-0.05, 0) is 47.5 Å². The van der Waals surface area contributed by atoms with Gasteiger partial charge in [0.25, 0.3) is 0 Å². The van der Waals surface area contributed by atoms with Crippen LogP contribution in [-0.2, 0) is 0 Å². The summed E-state index contributed by atoms with van der Waals surface area (Å²) < 4.78 is 5.29. The Kier molecular flexibility index (Phi) is 3.88. The number of phenols is 1. The SMILES string of the molecule is O=C(Oc1ccccc1)c1ccc(-c2cccc(O)c2)cc1. The molecule has 0 aliphatic rings. The summed E-state index contributed by atoms with van der Waals surface area (Å²) in [7, 11) is 0. The fraction of sp³-hybridized carbons (Fsp3) is 0. The average molecular weight is 290 g/mol. The number of carbonyl (C=O) groups excluding carboxylic acids is 1. The Morgan fingerprint density at radius 1 is 0.773 bits per heavy atom. The van der Waals surface area contributed by atoms with Crippen LogP contribution in [0.15, 0.2) is 78.9 Å². The minimum atomic E-state index is -0.395. The van der Waals surface area contributed by atoms with Crippen molar-refractivity contribution in [2.24, 2.45) is 0 Å². The number of esters is 1. The van der Waals surface area contributed by atoms with Gasteiger partial charge in [0.2, 0.25) is 0 Å². The van der Waals surface area contributed by atoms with Crippen molar-refractivity contribution in [1.29, 1.82) is 0 Å². The molecule has 22 heavy (non-hydrogen) atoms. The van der Waals surface area contributed by atoms with Gasteiger partial charge in [0.15, 0.2) is 0 Å². The molecule has 0 amide bonds. The van der Waals surface area contributed by atoms with Gasteiger partial charge in [-0.2, -0.15) is 0 Å². The van der Waals surface area contributed by atoms with Crippen molar-refractivity contribution in [3.8, 4) is 22.6 Å². The molecule has 0 fully saturated rings. The Bertz CT molecular complexity index is 777. The first-order chi connectivity index (χ1) is 10.7. The quantitative estimate of drug-likeness (QED) is 0.578. The molecule has 0 saturated carbocycles. The maximum atomic E-state index is 12.1. The maximum absolute atomic E-state index is 12.1. The van der Waals surface area contributed by atoms with Crippen molar-refractivity contribution in [3.63, 3.8) is 0 Å². The Morgan fingerprint density at radius 2 is 1.50 bits per heavy atom. The second-order valence-electron chi connectivity index (χ2n) is 4.83. The predicted octanol–water partition coefficient (Wildman–Crippen LogP) is 4.28. The molecule has 1 N–H and O–H groups in total. The molecule has 0 radical (unpaired) electrons. The lowest BCUT2D eigenvalue weighted by Crippen LogP contribution is -2.08. The lowest BCUT2D eigenvalue weighted by molar-refractivity contribution is 0.0735. The highest BCUT2D eigenvalue weighted by atomic mass is 16.5. The number of carbonyl (C=O) groups is 1. The van der Waals surface area contributed by atoms with Crippen molar-refractivity contribution in [2.75, 3.05) is 0 Å². The van der Waals surface area contributed by atoms with Crippen LogP contribution in [0.25, 0.3) is 11.1 Å². The van der Waals surface area contributed by atoms with Crippen molar-refractivity contribution in [2.45, 2.75) is 0 Å². The van der Waals surface area contributed by atoms with Crippen LogP contribution in [0.3, 0.4) is 0 Å². The largest absolute Gasteiger partial charge is 0.508 e. The highest BCUT2D eigenvalue weighted by Gasteiger charge is 2.08. The summed E-state index contributed by atoms with van der Waals surface area (Å²) in [6.45, 7) is 0. The van der Waals surface area contributed by atoms with Gasteiger partial charge in [-0.3, -0.25) is 0 Å². The summed E-state index contributed by atoms with van der Waals surface area (Å²) in [5.41, 5.74) is 2.29. The van der Waals surface area contributed by atoms with Crippen LogP contribution < -0.4 is 4.74 Å².